The number of aryl methyl sites for hydroxylation is 1. The maximum absolute atomic E-state index is 5.98. The molecule has 0 aliphatic heterocycles. The summed E-state index contributed by atoms with van der Waals surface area (Å²) in [6.45, 7) is 2.67. The van der Waals surface area contributed by atoms with E-state index < -0.39 is 0 Å². The normalized spacial score (nSPS) is 10.7. The molecule has 84 valence electrons. The maximum atomic E-state index is 5.98. The summed E-state index contributed by atoms with van der Waals surface area (Å²) in [4.78, 5) is 4.29. The number of halogens is 1. The monoisotopic (exact) mass is 235 g/mol. The van der Waals surface area contributed by atoms with Gasteiger partial charge in [-0.1, -0.05) is 17.7 Å². The second-order valence-electron chi connectivity index (χ2n) is 3.74. The Balaban J connectivity index is 2.38. The van der Waals surface area contributed by atoms with Crippen molar-refractivity contribution in [1.82, 2.24) is 9.55 Å². The van der Waals surface area contributed by atoms with E-state index in [0.717, 1.165) is 22.8 Å². The molecule has 0 unspecified atom stereocenters. The summed E-state index contributed by atoms with van der Waals surface area (Å²) in [5.74, 6) is 0. The van der Waals surface area contributed by atoms with Crippen LogP contribution >= 0.6 is 11.6 Å². The van der Waals surface area contributed by atoms with E-state index in [9.17, 15) is 0 Å². The fraction of sp³-hybridized carbons (Fsp3) is 0.250. The number of nitrogens with zero attached hydrogens (tertiary/aromatic N) is 2. The molecule has 3 nitrogen and oxygen atoms in total. The van der Waals surface area contributed by atoms with Crippen LogP contribution in [0.1, 0.15) is 11.3 Å². The number of benzene rings is 1. The van der Waals surface area contributed by atoms with Gasteiger partial charge in [0.25, 0.3) is 0 Å². The number of nitrogens with two attached hydrogens (primary N) is 1. The Bertz CT molecular complexity index is 491. The molecule has 1 heterocycles. The second-order valence-corrected chi connectivity index (χ2v) is 4.18. The molecule has 0 aliphatic rings. The van der Waals surface area contributed by atoms with Gasteiger partial charge in [0.1, 0.15) is 0 Å². The molecule has 0 fully saturated rings. The average Bonchev–Trinajstić information content (AvgIpc) is 2.71. The van der Waals surface area contributed by atoms with Gasteiger partial charge >= 0.3 is 0 Å². The first kappa shape index (κ1) is 11.2. The molecule has 2 aromatic rings. The van der Waals surface area contributed by atoms with E-state index in [1.807, 2.05) is 35.9 Å². The zero-order chi connectivity index (χ0) is 11.5. The lowest BCUT2D eigenvalue weighted by Gasteiger charge is -2.06. The molecule has 0 atom stereocenters. The van der Waals surface area contributed by atoms with Gasteiger partial charge in [0.05, 0.1) is 17.7 Å². The predicted molar refractivity (Wildman–Crippen MR) is 66.1 cm³/mol. The molecule has 1 aromatic carbocycles. The third-order valence-corrected chi connectivity index (χ3v) is 2.72. The molecule has 0 aliphatic carbocycles. The smallest absolute Gasteiger partial charge is 0.0995 e. The highest BCUT2D eigenvalue weighted by molar-refractivity contribution is 6.30. The fourth-order valence-corrected chi connectivity index (χ4v) is 1.80. The van der Waals surface area contributed by atoms with Crippen molar-refractivity contribution in [2.45, 2.75) is 13.3 Å². The van der Waals surface area contributed by atoms with Crippen LogP contribution in [0.3, 0.4) is 0 Å². The van der Waals surface area contributed by atoms with Crippen molar-refractivity contribution >= 4 is 11.6 Å². The molecule has 2 rings (SSSR count). The van der Waals surface area contributed by atoms with Gasteiger partial charge in [-0.05, 0) is 31.2 Å². The molecule has 4 heteroatoms. The minimum absolute atomic E-state index is 0.617. The Morgan fingerprint density at radius 1 is 1.44 bits per heavy atom. The lowest BCUT2D eigenvalue weighted by Crippen LogP contribution is -2.02. The number of hydrogen-bond acceptors (Lipinski definition) is 2. The molecule has 0 radical (unpaired) electrons. The van der Waals surface area contributed by atoms with Crippen LogP contribution in [0.15, 0.2) is 30.7 Å². The molecule has 0 amide bonds. The number of aromatic nitrogens is 2. The van der Waals surface area contributed by atoms with Crippen molar-refractivity contribution in [1.29, 1.82) is 0 Å². The number of rotatable bonds is 3. The van der Waals surface area contributed by atoms with Gasteiger partial charge in [-0.3, -0.25) is 0 Å². The van der Waals surface area contributed by atoms with E-state index in [4.69, 9.17) is 17.3 Å². The van der Waals surface area contributed by atoms with Crippen LogP contribution in [-0.4, -0.2) is 16.1 Å². The zero-order valence-corrected chi connectivity index (χ0v) is 9.91. The Kier molecular flexibility index (Phi) is 3.27. The molecular formula is C12H14ClN3. The number of imidazole rings is 1. The highest BCUT2D eigenvalue weighted by Crippen LogP contribution is 2.19. The van der Waals surface area contributed by atoms with Crippen molar-refractivity contribution in [3.8, 4) is 5.69 Å². The van der Waals surface area contributed by atoms with E-state index in [1.165, 1.54) is 5.56 Å². The van der Waals surface area contributed by atoms with E-state index in [-0.39, 0.29) is 0 Å². The largest absolute Gasteiger partial charge is 0.330 e. The van der Waals surface area contributed by atoms with Gasteiger partial charge in [-0.25, -0.2) is 4.98 Å². The van der Waals surface area contributed by atoms with Gasteiger partial charge in [-0.15, -0.1) is 0 Å². The Morgan fingerprint density at radius 2 is 2.25 bits per heavy atom. The van der Waals surface area contributed by atoms with E-state index in [0.29, 0.717) is 6.54 Å². The van der Waals surface area contributed by atoms with Crippen LogP contribution in [-0.2, 0) is 6.42 Å². The van der Waals surface area contributed by atoms with Gasteiger partial charge in [0.15, 0.2) is 0 Å². The van der Waals surface area contributed by atoms with Gasteiger partial charge in [0, 0.05) is 17.6 Å². The topological polar surface area (TPSA) is 43.8 Å². The quantitative estimate of drug-likeness (QED) is 0.888. The first-order valence-electron chi connectivity index (χ1n) is 5.20. The lowest BCUT2D eigenvalue weighted by molar-refractivity contribution is 0.934. The Hall–Kier alpha value is -1.32. The Morgan fingerprint density at radius 3 is 3.00 bits per heavy atom. The maximum Gasteiger partial charge on any atom is 0.0995 e. The average molecular weight is 236 g/mol. The molecule has 0 saturated heterocycles. The summed E-state index contributed by atoms with van der Waals surface area (Å²) >= 11 is 5.98. The molecule has 2 N–H and O–H groups in total. The van der Waals surface area contributed by atoms with E-state index >= 15 is 0 Å². The first-order valence-corrected chi connectivity index (χ1v) is 5.58. The summed E-state index contributed by atoms with van der Waals surface area (Å²) in [7, 11) is 0. The highest BCUT2D eigenvalue weighted by Gasteiger charge is 2.03. The molecule has 0 bridgehead atoms. The van der Waals surface area contributed by atoms with Crippen molar-refractivity contribution in [2.75, 3.05) is 6.54 Å². The van der Waals surface area contributed by atoms with Crippen LogP contribution < -0.4 is 5.73 Å². The third kappa shape index (κ3) is 2.26. The van der Waals surface area contributed by atoms with E-state index in [2.05, 4.69) is 4.98 Å². The van der Waals surface area contributed by atoms with Gasteiger partial charge < -0.3 is 10.3 Å². The third-order valence-electron chi connectivity index (χ3n) is 2.49. The summed E-state index contributed by atoms with van der Waals surface area (Å²) < 4.78 is 1.98. The summed E-state index contributed by atoms with van der Waals surface area (Å²) in [5.41, 5.74) is 8.72. The van der Waals surface area contributed by atoms with Crippen LogP contribution in [0.4, 0.5) is 0 Å². The van der Waals surface area contributed by atoms with Crippen LogP contribution in [0, 0.1) is 6.92 Å². The molecule has 0 spiro atoms. The second kappa shape index (κ2) is 4.68. The van der Waals surface area contributed by atoms with Crippen molar-refractivity contribution in [3.63, 3.8) is 0 Å². The molecule has 0 saturated carbocycles. The van der Waals surface area contributed by atoms with E-state index in [1.54, 1.807) is 6.33 Å². The fourth-order valence-electron chi connectivity index (χ4n) is 1.63. The summed E-state index contributed by atoms with van der Waals surface area (Å²) in [6, 6.07) is 5.82. The lowest BCUT2D eigenvalue weighted by atomic mass is 10.2. The minimum atomic E-state index is 0.617. The first-order chi connectivity index (χ1) is 7.70. The van der Waals surface area contributed by atoms with Crippen molar-refractivity contribution in [2.24, 2.45) is 5.73 Å². The summed E-state index contributed by atoms with van der Waals surface area (Å²) in [6.07, 6.45) is 4.59. The SMILES string of the molecule is Cc1ccc(Cl)cc1-n1cnc(CCN)c1. The predicted octanol–water partition coefficient (Wildman–Crippen LogP) is 2.34. The zero-order valence-electron chi connectivity index (χ0n) is 9.15. The number of hydrogen-bond donors (Lipinski definition) is 1. The van der Waals surface area contributed by atoms with Crippen molar-refractivity contribution in [3.05, 3.63) is 47.0 Å². The molecular weight excluding hydrogens is 222 g/mol. The standard InChI is InChI=1S/C12H14ClN3/c1-9-2-3-10(13)6-12(9)16-7-11(4-5-14)15-8-16/h2-3,6-8H,4-5,14H2,1H3. The summed E-state index contributed by atoms with van der Waals surface area (Å²) in [5, 5.41) is 0.731. The van der Waals surface area contributed by atoms with Crippen LogP contribution in [0.5, 0.6) is 0 Å². The minimum Gasteiger partial charge on any atom is -0.330 e. The van der Waals surface area contributed by atoms with Gasteiger partial charge in [-0.2, -0.15) is 0 Å². The molecule has 1 aromatic heterocycles. The highest BCUT2D eigenvalue weighted by atomic mass is 35.5. The Labute approximate surface area is 99.9 Å². The molecule has 16 heavy (non-hydrogen) atoms. The van der Waals surface area contributed by atoms with Crippen LogP contribution in [0.25, 0.3) is 5.69 Å². The van der Waals surface area contributed by atoms with Crippen molar-refractivity contribution < 1.29 is 0 Å². The van der Waals surface area contributed by atoms with Gasteiger partial charge in [0.2, 0.25) is 0 Å². The van der Waals surface area contributed by atoms with Crippen LogP contribution in [0.2, 0.25) is 5.02 Å².